The van der Waals surface area contributed by atoms with Crippen LogP contribution >= 0.6 is 0 Å². The van der Waals surface area contributed by atoms with Crippen molar-refractivity contribution in [3.05, 3.63) is 23.9 Å². The molecule has 1 unspecified atom stereocenters. The molecule has 86 valence electrons. The molecule has 0 saturated carbocycles. The van der Waals surface area contributed by atoms with E-state index >= 15 is 0 Å². The van der Waals surface area contributed by atoms with Crippen molar-refractivity contribution in [2.45, 2.75) is 12.5 Å². The van der Waals surface area contributed by atoms with Gasteiger partial charge in [-0.05, 0) is 25.6 Å². The zero-order valence-electron chi connectivity index (χ0n) is 9.09. The van der Waals surface area contributed by atoms with Crippen molar-refractivity contribution in [1.29, 1.82) is 0 Å². The molecule has 5 nitrogen and oxygen atoms in total. The third-order valence-electron chi connectivity index (χ3n) is 2.63. The maximum atomic E-state index is 10.9. The summed E-state index contributed by atoms with van der Waals surface area (Å²) in [5, 5.41) is 8.96. The summed E-state index contributed by atoms with van der Waals surface area (Å²) in [5.41, 5.74) is 0.122. The number of pyridine rings is 1. The number of carboxylic acid groups (broad SMARTS) is 1. The Balaban J connectivity index is 2.12. The number of ether oxygens (including phenoxy) is 1. The number of hydrogen-bond donors (Lipinski definition) is 1. The highest BCUT2D eigenvalue weighted by molar-refractivity contribution is 5.90. The van der Waals surface area contributed by atoms with Crippen molar-refractivity contribution >= 4 is 5.97 Å². The highest BCUT2D eigenvalue weighted by Crippen LogP contribution is 2.19. The van der Waals surface area contributed by atoms with Crippen molar-refractivity contribution in [2.75, 3.05) is 20.1 Å². The molecule has 1 aromatic rings. The van der Waals surface area contributed by atoms with E-state index in [1.54, 1.807) is 12.3 Å². The maximum Gasteiger partial charge on any atom is 0.341 e. The quantitative estimate of drug-likeness (QED) is 0.822. The number of carboxylic acids is 1. The van der Waals surface area contributed by atoms with Gasteiger partial charge in [0.05, 0.1) is 0 Å². The smallest absolute Gasteiger partial charge is 0.341 e. The molecule has 1 aromatic heterocycles. The van der Waals surface area contributed by atoms with Gasteiger partial charge in [-0.1, -0.05) is 0 Å². The molecule has 5 heteroatoms. The minimum Gasteiger partial charge on any atom is -0.477 e. The van der Waals surface area contributed by atoms with E-state index in [2.05, 4.69) is 9.88 Å². The van der Waals surface area contributed by atoms with Crippen molar-refractivity contribution in [2.24, 2.45) is 0 Å². The first-order valence-electron chi connectivity index (χ1n) is 5.20. The summed E-state index contributed by atoms with van der Waals surface area (Å²) in [7, 11) is 2.01. The van der Waals surface area contributed by atoms with Crippen LogP contribution in [0.15, 0.2) is 18.3 Å². The Hall–Kier alpha value is -1.62. The van der Waals surface area contributed by atoms with E-state index < -0.39 is 5.97 Å². The first-order chi connectivity index (χ1) is 7.66. The lowest BCUT2D eigenvalue weighted by molar-refractivity contribution is 0.0688. The van der Waals surface area contributed by atoms with E-state index in [1.165, 1.54) is 6.07 Å². The Bertz CT molecular complexity index is 395. The highest BCUT2D eigenvalue weighted by atomic mass is 16.5. The topological polar surface area (TPSA) is 62.7 Å². The van der Waals surface area contributed by atoms with Gasteiger partial charge in [0.2, 0.25) is 5.88 Å². The first kappa shape index (κ1) is 10.9. The minimum atomic E-state index is -1.01. The average Bonchev–Trinajstić information content (AvgIpc) is 2.64. The van der Waals surface area contributed by atoms with Crippen LogP contribution in [0.25, 0.3) is 0 Å². The van der Waals surface area contributed by atoms with Gasteiger partial charge < -0.3 is 14.7 Å². The van der Waals surface area contributed by atoms with Gasteiger partial charge in [-0.15, -0.1) is 0 Å². The predicted molar refractivity (Wildman–Crippen MR) is 57.7 cm³/mol. The van der Waals surface area contributed by atoms with Crippen molar-refractivity contribution in [1.82, 2.24) is 9.88 Å². The molecule has 2 rings (SSSR count). The van der Waals surface area contributed by atoms with Crippen molar-refractivity contribution < 1.29 is 14.6 Å². The zero-order chi connectivity index (χ0) is 11.5. The van der Waals surface area contributed by atoms with Gasteiger partial charge in [-0.2, -0.15) is 0 Å². The number of aromatic nitrogens is 1. The molecule has 1 fully saturated rings. The van der Waals surface area contributed by atoms with E-state index in [0.29, 0.717) is 0 Å². The van der Waals surface area contributed by atoms with Crippen molar-refractivity contribution in [3.63, 3.8) is 0 Å². The molecule has 1 saturated heterocycles. The van der Waals surface area contributed by atoms with Crippen molar-refractivity contribution in [3.8, 4) is 5.88 Å². The monoisotopic (exact) mass is 222 g/mol. The van der Waals surface area contributed by atoms with E-state index in [-0.39, 0.29) is 17.5 Å². The number of rotatable bonds is 3. The fourth-order valence-corrected chi connectivity index (χ4v) is 1.80. The summed E-state index contributed by atoms with van der Waals surface area (Å²) in [6.45, 7) is 1.79. The van der Waals surface area contributed by atoms with Crippen LogP contribution < -0.4 is 4.74 Å². The van der Waals surface area contributed by atoms with Gasteiger partial charge in [0.15, 0.2) is 0 Å². The van der Waals surface area contributed by atoms with Crippen LogP contribution in [0.5, 0.6) is 5.88 Å². The summed E-state index contributed by atoms with van der Waals surface area (Å²) in [6.07, 6.45) is 2.49. The molecule has 1 atom stereocenters. The number of nitrogens with zero attached hydrogens (tertiary/aromatic N) is 2. The molecule has 1 aliphatic heterocycles. The first-order valence-corrected chi connectivity index (χ1v) is 5.20. The molecule has 0 radical (unpaired) electrons. The average molecular weight is 222 g/mol. The molecule has 0 bridgehead atoms. The molecule has 0 aliphatic carbocycles. The van der Waals surface area contributed by atoms with Crippen LogP contribution in [0.1, 0.15) is 16.8 Å². The molecule has 16 heavy (non-hydrogen) atoms. The second-order valence-corrected chi connectivity index (χ2v) is 3.95. The molecular formula is C11H14N2O3. The van der Waals surface area contributed by atoms with Crippen LogP contribution in [0.4, 0.5) is 0 Å². The largest absolute Gasteiger partial charge is 0.477 e. The Kier molecular flexibility index (Phi) is 3.05. The summed E-state index contributed by atoms with van der Waals surface area (Å²) in [6, 6.07) is 3.10. The van der Waals surface area contributed by atoms with E-state index in [4.69, 9.17) is 9.84 Å². The van der Waals surface area contributed by atoms with Gasteiger partial charge in [-0.3, -0.25) is 0 Å². The van der Waals surface area contributed by atoms with Crippen LogP contribution in [-0.4, -0.2) is 47.2 Å². The third-order valence-corrected chi connectivity index (χ3v) is 2.63. The molecule has 2 heterocycles. The van der Waals surface area contributed by atoms with E-state index in [0.717, 1.165) is 19.5 Å². The summed E-state index contributed by atoms with van der Waals surface area (Å²) in [4.78, 5) is 17.0. The minimum absolute atomic E-state index is 0.0398. The second kappa shape index (κ2) is 4.49. The molecule has 0 aromatic carbocycles. The van der Waals surface area contributed by atoms with Gasteiger partial charge in [0, 0.05) is 19.3 Å². The Morgan fingerprint density at radius 1 is 1.69 bits per heavy atom. The maximum absolute atomic E-state index is 10.9. The fraction of sp³-hybridized carbons (Fsp3) is 0.455. The standard InChI is InChI=1S/C11H14N2O3/c1-13-6-4-8(7-13)16-10-9(11(14)15)3-2-5-12-10/h2-3,5,8H,4,6-7H2,1H3,(H,14,15). The lowest BCUT2D eigenvalue weighted by Crippen LogP contribution is -2.22. The Morgan fingerprint density at radius 3 is 3.12 bits per heavy atom. The number of hydrogen-bond acceptors (Lipinski definition) is 4. The van der Waals surface area contributed by atoms with Crippen LogP contribution in [0, 0.1) is 0 Å². The number of carbonyl (C=O) groups is 1. The SMILES string of the molecule is CN1CCC(Oc2ncccc2C(=O)O)C1. The highest BCUT2D eigenvalue weighted by Gasteiger charge is 2.23. The van der Waals surface area contributed by atoms with Gasteiger partial charge in [-0.25, -0.2) is 9.78 Å². The molecule has 0 spiro atoms. The third kappa shape index (κ3) is 2.30. The van der Waals surface area contributed by atoms with E-state index in [1.807, 2.05) is 7.05 Å². The van der Waals surface area contributed by atoms with Crippen LogP contribution in [-0.2, 0) is 0 Å². The lowest BCUT2D eigenvalue weighted by Gasteiger charge is -2.13. The van der Waals surface area contributed by atoms with Gasteiger partial charge in [0.25, 0.3) is 0 Å². The summed E-state index contributed by atoms with van der Waals surface area (Å²) in [5.74, 6) is -0.787. The van der Waals surface area contributed by atoms with Crippen LogP contribution in [0.2, 0.25) is 0 Å². The van der Waals surface area contributed by atoms with E-state index in [9.17, 15) is 4.79 Å². The van der Waals surface area contributed by atoms with Crippen LogP contribution in [0.3, 0.4) is 0 Å². The molecule has 1 N–H and O–H groups in total. The number of likely N-dealkylation sites (N-methyl/N-ethyl adjacent to an activating group) is 1. The summed E-state index contributed by atoms with van der Waals surface area (Å²) >= 11 is 0. The number of aromatic carboxylic acids is 1. The fourth-order valence-electron chi connectivity index (χ4n) is 1.80. The predicted octanol–water partition coefficient (Wildman–Crippen LogP) is 0.863. The Labute approximate surface area is 93.7 Å². The van der Waals surface area contributed by atoms with Gasteiger partial charge in [0.1, 0.15) is 11.7 Å². The second-order valence-electron chi connectivity index (χ2n) is 3.95. The van der Waals surface area contributed by atoms with Gasteiger partial charge >= 0.3 is 5.97 Å². The zero-order valence-corrected chi connectivity index (χ0v) is 9.09. The lowest BCUT2D eigenvalue weighted by atomic mass is 10.2. The molecule has 0 amide bonds. The summed E-state index contributed by atoms with van der Waals surface area (Å²) < 4.78 is 5.60. The molecule has 1 aliphatic rings. The molecular weight excluding hydrogens is 208 g/mol. The number of likely N-dealkylation sites (tertiary alicyclic amines) is 1. The Morgan fingerprint density at radius 2 is 2.50 bits per heavy atom. The normalized spacial score (nSPS) is 20.9.